The van der Waals surface area contributed by atoms with Crippen LogP contribution in [0.25, 0.3) is 0 Å². The van der Waals surface area contributed by atoms with E-state index in [1.807, 2.05) is 6.07 Å². The molecular formula is C13H17F2N. The van der Waals surface area contributed by atoms with Crippen LogP contribution >= 0.6 is 0 Å². The summed E-state index contributed by atoms with van der Waals surface area (Å²) in [7, 11) is 1.55. The molecule has 1 aliphatic carbocycles. The van der Waals surface area contributed by atoms with E-state index in [4.69, 9.17) is 0 Å². The minimum atomic E-state index is -2.76. The molecule has 1 aliphatic rings. The van der Waals surface area contributed by atoms with E-state index in [0.717, 1.165) is 24.8 Å². The molecule has 2 rings (SSSR count). The Hall–Kier alpha value is -0.960. The molecule has 0 amide bonds. The second-order valence-electron chi connectivity index (χ2n) is 4.43. The molecular weight excluding hydrogens is 208 g/mol. The molecule has 1 aromatic rings. The van der Waals surface area contributed by atoms with Gasteiger partial charge in [-0.15, -0.1) is 0 Å². The summed E-state index contributed by atoms with van der Waals surface area (Å²) in [4.78, 5) is 0. The Balaban J connectivity index is 2.29. The maximum absolute atomic E-state index is 13.7. The van der Waals surface area contributed by atoms with Gasteiger partial charge in [0.25, 0.3) is 5.92 Å². The first-order chi connectivity index (χ1) is 7.63. The largest absolute Gasteiger partial charge is 0.314 e. The van der Waals surface area contributed by atoms with E-state index in [9.17, 15) is 8.78 Å². The molecule has 0 aliphatic heterocycles. The van der Waals surface area contributed by atoms with Crippen molar-refractivity contribution in [2.45, 2.75) is 31.6 Å². The number of hydrogen-bond donors (Lipinski definition) is 1. The van der Waals surface area contributed by atoms with Crippen molar-refractivity contribution in [2.24, 2.45) is 0 Å². The zero-order valence-electron chi connectivity index (χ0n) is 9.52. The van der Waals surface area contributed by atoms with E-state index >= 15 is 0 Å². The Labute approximate surface area is 94.9 Å². The van der Waals surface area contributed by atoms with Gasteiger partial charge in [-0.1, -0.05) is 12.1 Å². The monoisotopic (exact) mass is 225 g/mol. The predicted octanol–water partition coefficient (Wildman–Crippen LogP) is 2.88. The first kappa shape index (κ1) is 11.5. The fraction of sp³-hybridized carbons (Fsp3) is 0.538. The molecule has 0 saturated heterocycles. The van der Waals surface area contributed by atoms with Crippen LogP contribution in [0.3, 0.4) is 0 Å². The van der Waals surface area contributed by atoms with Crippen LogP contribution in [0.15, 0.2) is 18.2 Å². The number of halogens is 2. The molecule has 16 heavy (non-hydrogen) atoms. The molecule has 0 heterocycles. The molecule has 0 saturated carbocycles. The number of hydrogen-bond acceptors (Lipinski definition) is 1. The number of likely N-dealkylation sites (N-methyl/N-ethyl adjacent to an activating group) is 1. The topological polar surface area (TPSA) is 12.0 Å². The summed E-state index contributed by atoms with van der Waals surface area (Å²) in [6, 6.07) is 5.13. The van der Waals surface area contributed by atoms with Crippen LogP contribution in [0.5, 0.6) is 0 Å². The van der Waals surface area contributed by atoms with Gasteiger partial charge in [0.05, 0.1) is 6.54 Å². The molecule has 0 fully saturated rings. The Morgan fingerprint density at radius 1 is 1.19 bits per heavy atom. The van der Waals surface area contributed by atoms with Crippen LogP contribution < -0.4 is 5.32 Å². The van der Waals surface area contributed by atoms with Crippen LogP contribution in [-0.4, -0.2) is 13.6 Å². The number of fused-ring (bicyclic) bond motifs is 1. The number of alkyl halides is 2. The Bertz CT molecular complexity index is 374. The molecule has 88 valence electrons. The van der Waals surface area contributed by atoms with Gasteiger partial charge in [0.2, 0.25) is 0 Å². The lowest BCUT2D eigenvalue weighted by Gasteiger charge is -2.21. The summed E-state index contributed by atoms with van der Waals surface area (Å²) in [5.74, 6) is -2.76. The molecule has 0 spiro atoms. The highest BCUT2D eigenvalue weighted by Gasteiger charge is 2.31. The lowest BCUT2D eigenvalue weighted by atomic mass is 9.89. The third-order valence-electron chi connectivity index (χ3n) is 3.17. The summed E-state index contributed by atoms with van der Waals surface area (Å²) in [6.45, 7) is -0.300. The van der Waals surface area contributed by atoms with E-state index in [2.05, 4.69) is 5.32 Å². The van der Waals surface area contributed by atoms with Crippen molar-refractivity contribution in [3.63, 3.8) is 0 Å². The molecule has 1 aromatic carbocycles. The average molecular weight is 225 g/mol. The zero-order valence-corrected chi connectivity index (χ0v) is 9.52. The van der Waals surface area contributed by atoms with Crippen molar-refractivity contribution in [1.82, 2.24) is 5.32 Å². The van der Waals surface area contributed by atoms with Crippen LogP contribution in [-0.2, 0) is 18.8 Å². The zero-order chi connectivity index (χ0) is 11.6. The number of nitrogens with one attached hydrogen (secondary N) is 1. The summed E-state index contributed by atoms with van der Waals surface area (Å²) >= 11 is 0. The Kier molecular flexibility index (Phi) is 3.24. The van der Waals surface area contributed by atoms with Gasteiger partial charge in [0.15, 0.2) is 0 Å². The quantitative estimate of drug-likeness (QED) is 0.834. The molecule has 3 heteroatoms. The highest BCUT2D eigenvalue weighted by atomic mass is 19.3. The minimum Gasteiger partial charge on any atom is -0.314 e. The molecule has 0 atom stereocenters. The van der Waals surface area contributed by atoms with Gasteiger partial charge in [0.1, 0.15) is 0 Å². The van der Waals surface area contributed by atoms with Crippen molar-refractivity contribution in [1.29, 1.82) is 0 Å². The van der Waals surface area contributed by atoms with E-state index in [1.165, 1.54) is 12.0 Å². The minimum absolute atomic E-state index is 0.141. The lowest BCUT2D eigenvalue weighted by Crippen LogP contribution is -2.28. The van der Waals surface area contributed by atoms with Crippen molar-refractivity contribution < 1.29 is 8.78 Å². The maximum Gasteiger partial charge on any atom is 0.285 e. The second kappa shape index (κ2) is 4.50. The standard InChI is InChI=1S/C13H17F2N/c1-16-9-13(14,15)12-7-6-10-4-2-3-5-11(10)8-12/h6-8,16H,2-5,9H2,1H3. The van der Waals surface area contributed by atoms with Gasteiger partial charge < -0.3 is 5.32 Å². The van der Waals surface area contributed by atoms with Crippen LogP contribution in [0, 0.1) is 0 Å². The van der Waals surface area contributed by atoms with E-state index in [1.54, 1.807) is 19.2 Å². The Morgan fingerprint density at radius 3 is 2.56 bits per heavy atom. The smallest absolute Gasteiger partial charge is 0.285 e. The van der Waals surface area contributed by atoms with Crippen molar-refractivity contribution in [3.8, 4) is 0 Å². The number of aryl methyl sites for hydroxylation is 2. The van der Waals surface area contributed by atoms with Crippen LogP contribution in [0.2, 0.25) is 0 Å². The third kappa shape index (κ3) is 2.24. The van der Waals surface area contributed by atoms with Gasteiger partial charge in [0, 0.05) is 5.56 Å². The third-order valence-corrected chi connectivity index (χ3v) is 3.17. The highest BCUT2D eigenvalue weighted by Crippen LogP contribution is 2.31. The fourth-order valence-electron chi connectivity index (χ4n) is 2.29. The van der Waals surface area contributed by atoms with Crippen molar-refractivity contribution in [3.05, 3.63) is 34.9 Å². The van der Waals surface area contributed by atoms with E-state index < -0.39 is 5.92 Å². The fourth-order valence-corrected chi connectivity index (χ4v) is 2.29. The lowest BCUT2D eigenvalue weighted by molar-refractivity contribution is -0.00135. The van der Waals surface area contributed by atoms with E-state index in [0.29, 0.717) is 0 Å². The average Bonchev–Trinajstić information content (AvgIpc) is 2.28. The first-order valence-electron chi connectivity index (χ1n) is 5.78. The van der Waals surface area contributed by atoms with Crippen LogP contribution in [0.1, 0.15) is 29.5 Å². The van der Waals surface area contributed by atoms with Crippen molar-refractivity contribution >= 4 is 0 Å². The normalized spacial score (nSPS) is 15.9. The van der Waals surface area contributed by atoms with Gasteiger partial charge in [-0.3, -0.25) is 0 Å². The molecule has 0 bridgehead atoms. The highest BCUT2D eigenvalue weighted by molar-refractivity contribution is 5.35. The molecule has 0 radical (unpaired) electrons. The van der Waals surface area contributed by atoms with E-state index in [-0.39, 0.29) is 12.1 Å². The summed E-state index contributed by atoms with van der Waals surface area (Å²) < 4.78 is 27.3. The first-order valence-corrected chi connectivity index (χ1v) is 5.78. The maximum atomic E-state index is 13.7. The van der Waals surface area contributed by atoms with Crippen LogP contribution in [0.4, 0.5) is 8.78 Å². The molecule has 1 N–H and O–H groups in total. The number of benzene rings is 1. The summed E-state index contributed by atoms with van der Waals surface area (Å²) in [5, 5.41) is 2.54. The van der Waals surface area contributed by atoms with Gasteiger partial charge in [-0.25, -0.2) is 0 Å². The van der Waals surface area contributed by atoms with Gasteiger partial charge >= 0.3 is 0 Å². The van der Waals surface area contributed by atoms with Gasteiger partial charge in [-0.05, 0) is 49.9 Å². The number of rotatable bonds is 3. The van der Waals surface area contributed by atoms with Crippen molar-refractivity contribution in [2.75, 3.05) is 13.6 Å². The predicted molar refractivity (Wildman–Crippen MR) is 60.9 cm³/mol. The summed E-state index contributed by atoms with van der Waals surface area (Å²) in [6.07, 6.45) is 4.28. The second-order valence-corrected chi connectivity index (χ2v) is 4.43. The molecule has 0 unspecified atom stereocenters. The van der Waals surface area contributed by atoms with Gasteiger partial charge in [-0.2, -0.15) is 8.78 Å². The molecule has 0 aromatic heterocycles. The Morgan fingerprint density at radius 2 is 1.88 bits per heavy atom. The SMILES string of the molecule is CNCC(F)(F)c1ccc2c(c1)CCCC2. The molecule has 1 nitrogen and oxygen atoms in total. The summed E-state index contributed by atoms with van der Waals surface area (Å²) in [5.41, 5.74) is 2.50.